The number of carbonyl (C=O) groups excluding carboxylic acids is 1. The Hall–Kier alpha value is -2.83. The number of nitrogens with one attached hydrogen (secondary N) is 2. The number of benzene rings is 2. The summed E-state index contributed by atoms with van der Waals surface area (Å²) < 4.78 is 34.8. The second-order valence-corrected chi connectivity index (χ2v) is 5.12. The quantitative estimate of drug-likeness (QED) is 0.714. The summed E-state index contributed by atoms with van der Waals surface area (Å²) in [7, 11) is 0. The maximum Gasteiger partial charge on any atom is 0.387 e. The maximum atomic E-state index is 12.4. The third kappa shape index (κ3) is 5.95. The van der Waals surface area contributed by atoms with E-state index in [-0.39, 0.29) is 18.2 Å². The van der Waals surface area contributed by atoms with Crippen molar-refractivity contribution >= 4 is 17.3 Å². The van der Waals surface area contributed by atoms with Crippen molar-refractivity contribution in [2.24, 2.45) is 0 Å². The summed E-state index contributed by atoms with van der Waals surface area (Å²) in [6.45, 7) is -0.501. The molecule has 0 aliphatic rings. The van der Waals surface area contributed by atoms with Crippen LogP contribution >= 0.6 is 0 Å². The second kappa shape index (κ2) is 9.46. The Morgan fingerprint density at radius 3 is 2.36 bits per heavy atom. The summed E-state index contributed by atoms with van der Waals surface area (Å²) in [6, 6.07) is 13.3. The minimum absolute atomic E-state index is 0.0167. The number of anilines is 2. The Morgan fingerprint density at radius 1 is 1.04 bits per heavy atom. The predicted molar refractivity (Wildman–Crippen MR) is 92.4 cm³/mol. The lowest BCUT2D eigenvalue weighted by Crippen LogP contribution is -2.22. The predicted octanol–water partition coefficient (Wildman–Crippen LogP) is 4.13. The topological polar surface area (TPSA) is 59.6 Å². The zero-order valence-corrected chi connectivity index (χ0v) is 13.8. The molecule has 0 fully saturated rings. The van der Waals surface area contributed by atoms with Crippen LogP contribution in [0.2, 0.25) is 0 Å². The smallest absolute Gasteiger partial charge is 0.387 e. The van der Waals surface area contributed by atoms with Crippen molar-refractivity contribution in [3.63, 3.8) is 0 Å². The van der Waals surface area contributed by atoms with Crippen molar-refractivity contribution in [2.45, 2.75) is 20.0 Å². The summed E-state index contributed by atoms with van der Waals surface area (Å²) in [5, 5.41) is 5.52. The molecule has 0 atom stereocenters. The molecular formula is C18H20F2N2O3. The fourth-order valence-corrected chi connectivity index (χ4v) is 2.09. The molecule has 7 heteroatoms. The normalized spacial score (nSPS) is 10.4. The Bertz CT molecular complexity index is 696. The van der Waals surface area contributed by atoms with Crippen molar-refractivity contribution in [3.05, 3.63) is 48.5 Å². The Labute approximate surface area is 144 Å². The van der Waals surface area contributed by atoms with Crippen LogP contribution in [0.1, 0.15) is 13.3 Å². The zero-order valence-electron chi connectivity index (χ0n) is 13.8. The van der Waals surface area contributed by atoms with Gasteiger partial charge >= 0.3 is 6.61 Å². The highest BCUT2D eigenvalue weighted by Crippen LogP contribution is 2.26. The van der Waals surface area contributed by atoms with Crippen LogP contribution in [0.4, 0.5) is 20.2 Å². The van der Waals surface area contributed by atoms with E-state index in [0.717, 1.165) is 6.42 Å². The molecule has 2 N–H and O–H groups in total. The Balaban J connectivity index is 1.96. The average Bonchev–Trinajstić information content (AvgIpc) is 2.60. The standard InChI is InChI=1S/C18H20F2N2O3/c1-2-11-24-15-9-5-4-8-14(15)22-17(23)12-21-13-7-3-6-10-16(13)25-18(19)20/h3-10,18,21H,2,11-12H2,1H3,(H,22,23). The van der Waals surface area contributed by atoms with Crippen molar-refractivity contribution in [1.82, 2.24) is 0 Å². The van der Waals surface area contributed by atoms with E-state index in [9.17, 15) is 13.6 Å². The fourth-order valence-electron chi connectivity index (χ4n) is 2.09. The first-order valence-electron chi connectivity index (χ1n) is 7.89. The van der Waals surface area contributed by atoms with Crippen LogP contribution in [-0.4, -0.2) is 25.7 Å². The molecule has 25 heavy (non-hydrogen) atoms. The van der Waals surface area contributed by atoms with E-state index < -0.39 is 6.61 Å². The van der Waals surface area contributed by atoms with Gasteiger partial charge in [-0.1, -0.05) is 31.2 Å². The maximum absolute atomic E-state index is 12.4. The van der Waals surface area contributed by atoms with Gasteiger partial charge in [-0.3, -0.25) is 4.79 Å². The molecule has 0 bridgehead atoms. The summed E-state index contributed by atoms with van der Waals surface area (Å²) >= 11 is 0. The van der Waals surface area contributed by atoms with Crippen molar-refractivity contribution < 1.29 is 23.0 Å². The first-order chi connectivity index (χ1) is 12.1. The SMILES string of the molecule is CCCOc1ccccc1NC(=O)CNc1ccccc1OC(F)F. The number of carbonyl (C=O) groups is 1. The molecule has 5 nitrogen and oxygen atoms in total. The molecule has 0 aliphatic carbocycles. The van der Waals surface area contributed by atoms with Crippen molar-refractivity contribution in [2.75, 3.05) is 23.8 Å². The van der Waals surface area contributed by atoms with E-state index in [4.69, 9.17) is 4.74 Å². The monoisotopic (exact) mass is 350 g/mol. The van der Waals surface area contributed by atoms with Gasteiger partial charge in [-0.25, -0.2) is 0 Å². The number of hydrogen-bond acceptors (Lipinski definition) is 4. The minimum Gasteiger partial charge on any atom is -0.491 e. The van der Waals surface area contributed by atoms with Gasteiger partial charge in [0.15, 0.2) is 0 Å². The number of halogens is 2. The van der Waals surface area contributed by atoms with Gasteiger partial charge in [0.25, 0.3) is 0 Å². The van der Waals surface area contributed by atoms with E-state index >= 15 is 0 Å². The molecule has 0 aromatic heterocycles. The van der Waals surface area contributed by atoms with Gasteiger partial charge in [0.2, 0.25) is 5.91 Å². The van der Waals surface area contributed by atoms with Gasteiger partial charge in [-0.2, -0.15) is 8.78 Å². The van der Waals surface area contributed by atoms with Gasteiger partial charge in [0, 0.05) is 0 Å². The number of para-hydroxylation sites is 4. The molecule has 1 amide bonds. The number of alkyl halides is 2. The molecular weight excluding hydrogens is 330 g/mol. The second-order valence-electron chi connectivity index (χ2n) is 5.12. The molecule has 0 radical (unpaired) electrons. The molecule has 2 aromatic carbocycles. The third-order valence-electron chi connectivity index (χ3n) is 3.17. The fraction of sp³-hybridized carbons (Fsp3) is 0.278. The Kier molecular flexibility index (Phi) is 7.00. The largest absolute Gasteiger partial charge is 0.491 e. The number of amides is 1. The van der Waals surface area contributed by atoms with Crippen LogP contribution < -0.4 is 20.1 Å². The minimum atomic E-state index is -2.93. The van der Waals surface area contributed by atoms with Crippen LogP contribution in [0.3, 0.4) is 0 Å². The molecule has 0 aliphatic heterocycles. The van der Waals surface area contributed by atoms with E-state index in [0.29, 0.717) is 23.7 Å². The van der Waals surface area contributed by atoms with Gasteiger partial charge in [0.1, 0.15) is 11.5 Å². The number of ether oxygens (including phenoxy) is 2. The average molecular weight is 350 g/mol. The van der Waals surface area contributed by atoms with Crippen LogP contribution in [0.5, 0.6) is 11.5 Å². The van der Waals surface area contributed by atoms with Crippen LogP contribution in [0.25, 0.3) is 0 Å². The zero-order chi connectivity index (χ0) is 18.1. The molecule has 0 saturated carbocycles. The summed E-state index contributed by atoms with van der Waals surface area (Å²) in [6.07, 6.45) is 0.852. The first-order valence-corrected chi connectivity index (χ1v) is 7.89. The molecule has 134 valence electrons. The number of rotatable bonds is 9. The first kappa shape index (κ1) is 18.5. The highest BCUT2D eigenvalue weighted by atomic mass is 19.3. The third-order valence-corrected chi connectivity index (χ3v) is 3.17. The summed E-state index contributed by atoms with van der Waals surface area (Å²) in [5.41, 5.74) is 0.869. The lowest BCUT2D eigenvalue weighted by molar-refractivity contribution is -0.114. The molecule has 2 aromatic rings. The molecule has 0 heterocycles. The molecule has 0 spiro atoms. The lowest BCUT2D eigenvalue weighted by Gasteiger charge is -2.14. The van der Waals surface area contributed by atoms with Gasteiger partial charge < -0.3 is 20.1 Å². The molecule has 0 saturated heterocycles. The van der Waals surface area contributed by atoms with E-state index in [1.165, 1.54) is 6.07 Å². The number of hydrogen-bond donors (Lipinski definition) is 2. The van der Waals surface area contributed by atoms with E-state index in [2.05, 4.69) is 15.4 Å². The highest BCUT2D eigenvalue weighted by Gasteiger charge is 2.11. The van der Waals surface area contributed by atoms with Crippen LogP contribution in [0, 0.1) is 0 Å². The van der Waals surface area contributed by atoms with Gasteiger partial charge in [-0.15, -0.1) is 0 Å². The summed E-state index contributed by atoms with van der Waals surface area (Å²) in [4.78, 5) is 12.1. The van der Waals surface area contributed by atoms with E-state index in [1.807, 2.05) is 13.0 Å². The van der Waals surface area contributed by atoms with Crippen LogP contribution in [0.15, 0.2) is 48.5 Å². The van der Waals surface area contributed by atoms with E-state index in [1.54, 1.807) is 36.4 Å². The Morgan fingerprint density at radius 2 is 1.68 bits per heavy atom. The van der Waals surface area contributed by atoms with Crippen molar-refractivity contribution in [1.29, 1.82) is 0 Å². The molecule has 0 unspecified atom stereocenters. The van der Waals surface area contributed by atoms with Crippen LogP contribution in [-0.2, 0) is 4.79 Å². The highest BCUT2D eigenvalue weighted by molar-refractivity contribution is 5.95. The lowest BCUT2D eigenvalue weighted by atomic mass is 10.2. The van der Waals surface area contributed by atoms with Crippen molar-refractivity contribution in [3.8, 4) is 11.5 Å². The van der Waals surface area contributed by atoms with Gasteiger partial charge in [0.05, 0.1) is 24.5 Å². The molecule has 2 rings (SSSR count). The summed E-state index contributed by atoms with van der Waals surface area (Å²) in [5.74, 6) is 0.232. The van der Waals surface area contributed by atoms with Gasteiger partial charge in [-0.05, 0) is 30.7 Å².